The minimum absolute atomic E-state index is 0. The molecule has 0 saturated heterocycles. The van der Waals surface area contributed by atoms with Gasteiger partial charge in [0.05, 0.1) is 0 Å². The molecule has 0 spiro atoms. The van der Waals surface area contributed by atoms with E-state index in [1.807, 2.05) is 48.6 Å². The molecule has 0 amide bonds. The summed E-state index contributed by atoms with van der Waals surface area (Å²) < 4.78 is 0. The molecule has 0 nitrogen and oxygen atoms in total. The molecule has 44 valence electrons. The first kappa shape index (κ1) is 9.34. The van der Waals surface area contributed by atoms with Crippen LogP contribution in [0.3, 0.4) is 0 Å². The van der Waals surface area contributed by atoms with E-state index >= 15 is 0 Å². The Morgan fingerprint density at radius 2 is 0.444 bits per heavy atom. The Bertz CT molecular complexity index is 105. The van der Waals surface area contributed by atoms with Crippen LogP contribution in [0.4, 0.5) is 0 Å². The number of hydrogen-bond donors (Lipinski definition) is 0. The van der Waals surface area contributed by atoms with Crippen LogP contribution in [-0.4, -0.2) is 0 Å². The molecule has 0 fully saturated rings. The van der Waals surface area contributed by atoms with Gasteiger partial charge in [-0.3, -0.25) is 0 Å². The van der Waals surface area contributed by atoms with E-state index in [1.54, 1.807) is 0 Å². The molecule has 0 atom stereocenters. The van der Waals surface area contributed by atoms with Crippen molar-refractivity contribution < 1.29 is 41.7 Å². The first-order valence-corrected chi connectivity index (χ1v) is 2.67. The standard InChI is InChI=1S/C8H8.Ce/c1-2-4-6-8-7-5-3-1;/h1-8H;/b2-1-,3-1?,4-2?,5-3-,6-4?,7-5?,8-6?,8-7?;. The molecule has 0 aromatic carbocycles. The zero-order valence-electron chi connectivity index (χ0n) is 5.12. The maximum absolute atomic E-state index is 2.00. The Morgan fingerprint density at radius 3 is 0.556 bits per heavy atom. The van der Waals surface area contributed by atoms with Crippen molar-refractivity contribution >= 4 is 0 Å². The third-order valence-corrected chi connectivity index (χ3v) is 0.889. The molecule has 0 saturated carbocycles. The molecule has 1 rings (SSSR count). The zero-order valence-corrected chi connectivity index (χ0v) is 8.26. The van der Waals surface area contributed by atoms with Gasteiger partial charge in [-0.25, -0.2) is 0 Å². The Kier molecular flexibility index (Phi) is 6.70. The zero-order chi connectivity index (χ0) is 5.66. The topological polar surface area (TPSA) is 0 Å². The largest absolute Gasteiger partial charge is 0.0623 e. The van der Waals surface area contributed by atoms with E-state index in [-0.39, 0.29) is 41.7 Å². The van der Waals surface area contributed by atoms with Gasteiger partial charge in [-0.05, 0) is 0 Å². The summed E-state index contributed by atoms with van der Waals surface area (Å²) in [4.78, 5) is 0. The summed E-state index contributed by atoms with van der Waals surface area (Å²) in [6.07, 6.45) is 16.0. The molecule has 1 aliphatic rings. The molecule has 0 aliphatic heterocycles. The SMILES string of the molecule is C1=C/C=C\C=C/C=C1.[Ce]. The summed E-state index contributed by atoms with van der Waals surface area (Å²) in [6.45, 7) is 0. The summed E-state index contributed by atoms with van der Waals surface area (Å²) in [6, 6.07) is 0. The summed E-state index contributed by atoms with van der Waals surface area (Å²) in [7, 11) is 0. The van der Waals surface area contributed by atoms with Crippen LogP contribution in [0, 0.1) is 41.7 Å². The van der Waals surface area contributed by atoms with Crippen molar-refractivity contribution in [3.63, 3.8) is 0 Å². The molecule has 0 heterocycles. The molecular weight excluding hydrogens is 236 g/mol. The molecule has 0 unspecified atom stereocenters. The van der Waals surface area contributed by atoms with Crippen molar-refractivity contribution in [2.45, 2.75) is 0 Å². The van der Waals surface area contributed by atoms with Crippen LogP contribution in [0.2, 0.25) is 0 Å². The Labute approximate surface area is 89.4 Å². The van der Waals surface area contributed by atoms with Crippen LogP contribution in [0.15, 0.2) is 48.6 Å². The second-order valence-corrected chi connectivity index (χ2v) is 1.54. The van der Waals surface area contributed by atoms with Gasteiger partial charge in [0, 0.05) is 41.7 Å². The predicted octanol–water partition coefficient (Wildman–Crippen LogP) is 2.22. The van der Waals surface area contributed by atoms with Crippen molar-refractivity contribution in [1.82, 2.24) is 0 Å². The van der Waals surface area contributed by atoms with E-state index in [0.717, 1.165) is 0 Å². The monoisotopic (exact) mass is 244 g/mol. The van der Waals surface area contributed by atoms with E-state index < -0.39 is 0 Å². The maximum atomic E-state index is 2.00. The van der Waals surface area contributed by atoms with Gasteiger partial charge in [0.15, 0.2) is 0 Å². The number of allylic oxidation sites excluding steroid dienone is 8. The fourth-order valence-corrected chi connectivity index (χ4v) is 0.513. The van der Waals surface area contributed by atoms with Crippen LogP contribution in [0.25, 0.3) is 0 Å². The Balaban J connectivity index is 0.000000640. The summed E-state index contributed by atoms with van der Waals surface area (Å²) in [5.74, 6) is 0. The van der Waals surface area contributed by atoms with E-state index in [4.69, 9.17) is 0 Å². The third-order valence-electron chi connectivity index (χ3n) is 0.889. The van der Waals surface area contributed by atoms with Gasteiger partial charge in [0.25, 0.3) is 0 Å². The van der Waals surface area contributed by atoms with Crippen LogP contribution in [-0.2, 0) is 0 Å². The van der Waals surface area contributed by atoms with Gasteiger partial charge in [-0.15, -0.1) is 0 Å². The maximum Gasteiger partial charge on any atom is 0 e. The normalized spacial score (nSPS) is 21.3. The molecule has 1 heteroatoms. The predicted molar refractivity (Wildman–Crippen MR) is 36.6 cm³/mol. The van der Waals surface area contributed by atoms with Crippen LogP contribution < -0.4 is 0 Å². The summed E-state index contributed by atoms with van der Waals surface area (Å²) >= 11 is 0. The smallest absolute Gasteiger partial charge is 0 e. The van der Waals surface area contributed by atoms with Crippen molar-refractivity contribution in [3.05, 3.63) is 48.6 Å². The second-order valence-electron chi connectivity index (χ2n) is 1.54. The van der Waals surface area contributed by atoms with Crippen LogP contribution >= 0.6 is 0 Å². The van der Waals surface area contributed by atoms with E-state index in [2.05, 4.69) is 0 Å². The van der Waals surface area contributed by atoms with Gasteiger partial charge in [-0.2, -0.15) is 0 Å². The van der Waals surface area contributed by atoms with Crippen molar-refractivity contribution in [2.75, 3.05) is 0 Å². The van der Waals surface area contributed by atoms with Crippen LogP contribution in [0.1, 0.15) is 0 Å². The van der Waals surface area contributed by atoms with Crippen LogP contribution in [0.5, 0.6) is 0 Å². The van der Waals surface area contributed by atoms with E-state index in [9.17, 15) is 0 Å². The van der Waals surface area contributed by atoms with E-state index in [0.29, 0.717) is 0 Å². The molecule has 0 aromatic heterocycles. The van der Waals surface area contributed by atoms with Crippen molar-refractivity contribution in [2.24, 2.45) is 0 Å². The van der Waals surface area contributed by atoms with Gasteiger partial charge in [0.2, 0.25) is 0 Å². The quantitative estimate of drug-likeness (QED) is 0.613. The van der Waals surface area contributed by atoms with Gasteiger partial charge >= 0.3 is 0 Å². The number of hydrogen-bond acceptors (Lipinski definition) is 0. The second kappa shape index (κ2) is 6.46. The van der Waals surface area contributed by atoms with Gasteiger partial charge in [0.1, 0.15) is 0 Å². The Morgan fingerprint density at radius 1 is 0.333 bits per heavy atom. The molecule has 0 radical (unpaired) electrons. The molecule has 9 heavy (non-hydrogen) atoms. The third kappa shape index (κ3) is 4.82. The molecule has 0 bridgehead atoms. The minimum Gasteiger partial charge on any atom is -0.0623 e. The average molecular weight is 244 g/mol. The van der Waals surface area contributed by atoms with Crippen molar-refractivity contribution in [3.8, 4) is 0 Å². The summed E-state index contributed by atoms with van der Waals surface area (Å²) in [5, 5.41) is 0. The number of rotatable bonds is 0. The molecule has 1 aliphatic carbocycles. The molecule has 0 N–H and O–H groups in total. The average Bonchev–Trinajstić information content (AvgIpc) is 1.62. The van der Waals surface area contributed by atoms with Gasteiger partial charge in [-0.1, -0.05) is 48.6 Å². The fourth-order valence-electron chi connectivity index (χ4n) is 0.513. The fraction of sp³-hybridized carbons (Fsp3) is 0. The molecular formula is C8H8Ce. The van der Waals surface area contributed by atoms with E-state index in [1.165, 1.54) is 0 Å². The molecule has 0 aromatic rings. The Hall–Kier alpha value is 0.337. The van der Waals surface area contributed by atoms with Crippen molar-refractivity contribution in [1.29, 1.82) is 0 Å². The first-order chi connectivity index (χ1) is 4.00. The van der Waals surface area contributed by atoms with Gasteiger partial charge < -0.3 is 0 Å². The first-order valence-electron chi connectivity index (χ1n) is 2.67. The summed E-state index contributed by atoms with van der Waals surface area (Å²) in [5.41, 5.74) is 0. The minimum atomic E-state index is 0.